The van der Waals surface area contributed by atoms with Gasteiger partial charge in [0.15, 0.2) is 0 Å². The van der Waals surface area contributed by atoms with Crippen LogP contribution in [0.4, 0.5) is 5.13 Å². The molecule has 1 N–H and O–H groups in total. The predicted molar refractivity (Wildman–Crippen MR) is 115 cm³/mol. The number of hydrogen-bond acceptors (Lipinski definition) is 6. The Morgan fingerprint density at radius 1 is 1.25 bits per heavy atom. The molecule has 0 unspecified atom stereocenters. The van der Waals surface area contributed by atoms with Gasteiger partial charge < -0.3 is 10.1 Å². The van der Waals surface area contributed by atoms with Crippen molar-refractivity contribution in [3.8, 4) is 5.75 Å². The normalized spacial score (nSPS) is 12.5. The van der Waals surface area contributed by atoms with Gasteiger partial charge in [-0.05, 0) is 31.2 Å². The minimum atomic E-state index is -0.141. The van der Waals surface area contributed by atoms with Gasteiger partial charge in [0.2, 0.25) is 10.1 Å². The smallest absolute Gasteiger partial charge is 0.275 e. The van der Waals surface area contributed by atoms with E-state index in [1.54, 1.807) is 6.07 Å². The number of fused-ring (bicyclic) bond motifs is 1. The van der Waals surface area contributed by atoms with Gasteiger partial charge in [-0.2, -0.15) is 4.52 Å². The van der Waals surface area contributed by atoms with Crippen LogP contribution < -0.4 is 15.6 Å². The molecule has 0 bridgehead atoms. The van der Waals surface area contributed by atoms with Gasteiger partial charge in [0.05, 0.1) is 12.6 Å². The van der Waals surface area contributed by atoms with Crippen LogP contribution in [0.25, 0.3) is 4.96 Å². The number of nitrogens with one attached hydrogen (secondary N) is 1. The number of rotatable bonds is 9. The molecule has 6 nitrogen and oxygen atoms in total. The molecular weight excluding hydrogens is 372 g/mol. The molecular formula is C21H28N4O2S. The van der Waals surface area contributed by atoms with E-state index in [4.69, 9.17) is 4.74 Å². The molecule has 0 radical (unpaired) electrons. The molecule has 7 heteroatoms. The molecule has 0 fully saturated rings. The number of ether oxygens (including phenoxy) is 1. The maximum atomic E-state index is 12.3. The molecule has 0 aliphatic rings. The second kappa shape index (κ2) is 9.19. The number of anilines is 1. The van der Waals surface area contributed by atoms with Crippen molar-refractivity contribution >= 4 is 21.4 Å². The molecule has 150 valence electrons. The first-order valence-electron chi connectivity index (χ1n) is 9.89. The average molecular weight is 401 g/mol. The quantitative estimate of drug-likeness (QED) is 0.564. The Balaban J connectivity index is 1.95. The van der Waals surface area contributed by atoms with E-state index in [9.17, 15) is 4.79 Å². The van der Waals surface area contributed by atoms with Gasteiger partial charge >= 0.3 is 0 Å². The molecule has 0 aliphatic carbocycles. The molecule has 1 aromatic carbocycles. The minimum Gasteiger partial charge on any atom is -0.493 e. The predicted octanol–water partition coefficient (Wildman–Crippen LogP) is 4.70. The van der Waals surface area contributed by atoms with Gasteiger partial charge in [0.25, 0.3) is 5.56 Å². The Bertz CT molecular complexity index is 980. The van der Waals surface area contributed by atoms with E-state index in [1.165, 1.54) is 15.9 Å². The lowest BCUT2D eigenvalue weighted by Crippen LogP contribution is -2.17. The number of nitrogens with zero attached hydrogens (tertiary/aromatic N) is 3. The van der Waals surface area contributed by atoms with Crippen molar-refractivity contribution in [3.05, 3.63) is 51.9 Å². The van der Waals surface area contributed by atoms with Crippen LogP contribution in [-0.4, -0.2) is 21.2 Å². The molecule has 1 atom stereocenters. The fourth-order valence-corrected chi connectivity index (χ4v) is 3.97. The molecule has 0 spiro atoms. The summed E-state index contributed by atoms with van der Waals surface area (Å²) in [4.78, 5) is 17.4. The molecule has 0 aliphatic heterocycles. The van der Waals surface area contributed by atoms with Crippen molar-refractivity contribution in [2.24, 2.45) is 5.92 Å². The zero-order valence-corrected chi connectivity index (χ0v) is 17.8. The number of hydrogen-bond donors (Lipinski definition) is 1. The zero-order valence-electron chi connectivity index (χ0n) is 16.9. The molecule has 28 heavy (non-hydrogen) atoms. The maximum absolute atomic E-state index is 12.3. The zero-order chi connectivity index (χ0) is 20.1. The minimum absolute atomic E-state index is 0.0370. The summed E-state index contributed by atoms with van der Waals surface area (Å²) >= 11 is 1.40. The van der Waals surface area contributed by atoms with E-state index >= 15 is 0 Å². The Hall–Kier alpha value is -2.41. The highest BCUT2D eigenvalue weighted by Gasteiger charge is 2.20. The Kier molecular flexibility index (Phi) is 6.67. The van der Waals surface area contributed by atoms with E-state index in [1.807, 2.05) is 25.1 Å². The summed E-state index contributed by atoms with van der Waals surface area (Å²) in [5, 5.41) is 8.67. The van der Waals surface area contributed by atoms with Gasteiger partial charge in [-0.1, -0.05) is 57.2 Å². The number of aromatic nitrogens is 3. The fraction of sp³-hybridized carbons (Fsp3) is 0.476. The van der Waals surface area contributed by atoms with Gasteiger partial charge in [-0.15, -0.1) is 5.10 Å². The van der Waals surface area contributed by atoms with Crippen LogP contribution in [0, 0.1) is 5.92 Å². The van der Waals surface area contributed by atoms with E-state index in [0.717, 1.165) is 36.3 Å². The third-order valence-electron chi connectivity index (χ3n) is 4.42. The van der Waals surface area contributed by atoms with Crippen LogP contribution in [0.15, 0.2) is 35.1 Å². The highest BCUT2D eigenvalue weighted by Crippen LogP contribution is 2.33. The van der Waals surface area contributed by atoms with E-state index in [0.29, 0.717) is 22.6 Å². The number of aryl methyl sites for hydroxylation is 1. The maximum Gasteiger partial charge on any atom is 0.275 e. The number of para-hydroxylation sites is 1. The average Bonchev–Trinajstić information content (AvgIpc) is 3.08. The lowest BCUT2D eigenvalue weighted by Gasteiger charge is -2.23. The van der Waals surface area contributed by atoms with E-state index in [-0.39, 0.29) is 11.6 Å². The van der Waals surface area contributed by atoms with Crippen LogP contribution in [0.1, 0.15) is 57.8 Å². The lowest BCUT2D eigenvalue weighted by atomic mass is 9.96. The summed E-state index contributed by atoms with van der Waals surface area (Å²) in [5.41, 5.74) is 1.76. The van der Waals surface area contributed by atoms with Gasteiger partial charge in [0, 0.05) is 17.3 Å². The summed E-state index contributed by atoms with van der Waals surface area (Å²) < 4.78 is 7.34. The van der Waals surface area contributed by atoms with Crippen LogP contribution in [0.2, 0.25) is 0 Å². The summed E-state index contributed by atoms with van der Waals surface area (Å²) in [6.45, 7) is 9.17. The molecule has 3 aromatic rings. The first-order chi connectivity index (χ1) is 13.5. The van der Waals surface area contributed by atoms with E-state index in [2.05, 4.69) is 42.2 Å². The third-order valence-corrected chi connectivity index (χ3v) is 5.26. The standard InChI is InChI=1S/C21H28N4O2S/c1-5-11-27-18-10-8-7-9-16(18)17(12-14(3)4)23-20-24-25-19(26)13-15(6-2)22-21(25)28-20/h7-10,13-14,17H,5-6,11-12H2,1-4H3,(H,23,24)/t17-/m0/s1. The van der Waals surface area contributed by atoms with Crippen molar-refractivity contribution in [1.82, 2.24) is 14.6 Å². The molecule has 0 saturated heterocycles. The monoisotopic (exact) mass is 400 g/mol. The third kappa shape index (κ3) is 4.70. The van der Waals surface area contributed by atoms with Gasteiger partial charge in [-0.25, -0.2) is 4.98 Å². The Morgan fingerprint density at radius 3 is 2.75 bits per heavy atom. The van der Waals surface area contributed by atoms with Crippen molar-refractivity contribution in [1.29, 1.82) is 0 Å². The molecule has 2 aromatic heterocycles. The SMILES string of the molecule is CCCOc1ccccc1[C@H](CC(C)C)Nc1nn2c(=O)cc(CC)nc2s1. The summed E-state index contributed by atoms with van der Waals surface area (Å²) in [5.74, 6) is 1.38. The summed E-state index contributed by atoms with van der Waals surface area (Å²) in [7, 11) is 0. The van der Waals surface area contributed by atoms with E-state index < -0.39 is 0 Å². The molecule has 3 rings (SSSR count). The first-order valence-corrected chi connectivity index (χ1v) is 10.7. The summed E-state index contributed by atoms with van der Waals surface area (Å²) in [6, 6.07) is 9.72. The molecule has 0 amide bonds. The van der Waals surface area contributed by atoms with Crippen LogP contribution in [0.5, 0.6) is 5.75 Å². The van der Waals surface area contributed by atoms with Crippen molar-refractivity contribution in [3.63, 3.8) is 0 Å². The van der Waals surface area contributed by atoms with Crippen molar-refractivity contribution in [2.45, 2.75) is 53.0 Å². The van der Waals surface area contributed by atoms with Gasteiger partial charge in [-0.3, -0.25) is 4.79 Å². The number of benzene rings is 1. The van der Waals surface area contributed by atoms with Gasteiger partial charge in [0.1, 0.15) is 5.75 Å². The largest absolute Gasteiger partial charge is 0.493 e. The summed E-state index contributed by atoms with van der Waals surface area (Å²) in [6.07, 6.45) is 2.61. The Morgan fingerprint density at radius 2 is 2.04 bits per heavy atom. The molecule has 0 saturated carbocycles. The highest BCUT2D eigenvalue weighted by atomic mass is 32.1. The lowest BCUT2D eigenvalue weighted by molar-refractivity contribution is 0.311. The topological polar surface area (TPSA) is 68.5 Å². The van der Waals surface area contributed by atoms with Crippen molar-refractivity contribution in [2.75, 3.05) is 11.9 Å². The highest BCUT2D eigenvalue weighted by molar-refractivity contribution is 7.20. The van der Waals surface area contributed by atoms with Crippen molar-refractivity contribution < 1.29 is 4.74 Å². The first kappa shape index (κ1) is 20.3. The van der Waals surface area contributed by atoms with Crippen LogP contribution in [-0.2, 0) is 6.42 Å². The Labute approximate surface area is 169 Å². The second-order valence-electron chi connectivity index (χ2n) is 7.25. The fourth-order valence-electron chi connectivity index (χ4n) is 3.09. The van der Waals surface area contributed by atoms with Crippen LogP contribution in [0.3, 0.4) is 0 Å². The van der Waals surface area contributed by atoms with Crippen LogP contribution >= 0.6 is 11.3 Å². The second-order valence-corrected chi connectivity index (χ2v) is 8.21. The molecule has 2 heterocycles.